The van der Waals surface area contributed by atoms with Crippen LogP contribution in [-0.2, 0) is 11.2 Å². The number of rotatable bonds is 7. The zero-order valence-corrected chi connectivity index (χ0v) is 10.2. The molecule has 0 aromatic carbocycles. The Kier molecular flexibility index (Phi) is 5.82. The van der Waals surface area contributed by atoms with Crippen molar-refractivity contribution in [2.24, 2.45) is 0 Å². The quantitative estimate of drug-likeness (QED) is 0.567. The highest BCUT2D eigenvalue weighted by Gasteiger charge is 2.02. The molecule has 3 nitrogen and oxygen atoms in total. The molecular formula is C12H17NO2S. The monoisotopic (exact) mass is 239 g/mol. The predicted octanol–water partition coefficient (Wildman–Crippen LogP) is 2.30. The molecule has 0 aliphatic carbocycles. The summed E-state index contributed by atoms with van der Waals surface area (Å²) in [5.74, 6) is -0.817. The summed E-state index contributed by atoms with van der Waals surface area (Å²) in [6.45, 7) is 3.36. The summed E-state index contributed by atoms with van der Waals surface area (Å²) in [4.78, 5) is 12.0. The number of nitrogens with one attached hydrogen (secondary N) is 1. The lowest BCUT2D eigenvalue weighted by atomic mass is 10.2. The molecule has 0 radical (unpaired) electrons. The van der Waals surface area contributed by atoms with E-state index in [1.54, 1.807) is 17.4 Å². The molecule has 0 fully saturated rings. The van der Waals surface area contributed by atoms with Crippen LogP contribution in [0.5, 0.6) is 0 Å². The first-order valence-corrected chi connectivity index (χ1v) is 6.27. The van der Waals surface area contributed by atoms with Gasteiger partial charge in [-0.25, -0.2) is 4.79 Å². The standard InChI is InChI=1S/C12H17NO2S/c1-2-10(12(14)15)5-7-13-8-6-11-4-3-9-16-11/h3-5,9,13H,2,6-8H2,1H3,(H,14,15)/b10-5-. The average molecular weight is 239 g/mol. The third kappa shape index (κ3) is 4.59. The number of thiophene rings is 1. The maximum absolute atomic E-state index is 10.7. The lowest BCUT2D eigenvalue weighted by Gasteiger charge is -2.01. The molecule has 0 saturated heterocycles. The smallest absolute Gasteiger partial charge is 0.331 e. The van der Waals surface area contributed by atoms with E-state index in [-0.39, 0.29) is 0 Å². The van der Waals surface area contributed by atoms with Crippen LogP contribution >= 0.6 is 11.3 Å². The highest BCUT2D eigenvalue weighted by molar-refractivity contribution is 7.09. The summed E-state index contributed by atoms with van der Waals surface area (Å²) in [5, 5.41) is 14.1. The van der Waals surface area contributed by atoms with Crippen molar-refractivity contribution in [3.8, 4) is 0 Å². The van der Waals surface area contributed by atoms with Gasteiger partial charge in [0.05, 0.1) is 0 Å². The van der Waals surface area contributed by atoms with E-state index < -0.39 is 5.97 Å². The molecule has 1 aromatic heterocycles. The second-order valence-corrected chi connectivity index (χ2v) is 4.45. The molecule has 16 heavy (non-hydrogen) atoms. The second kappa shape index (κ2) is 7.19. The molecule has 0 bridgehead atoms. The first kappa shape index (κ1) is 12.9. The minimum Gasteiger partial charge on any atom is -0.478 e. The molecule has 0 spiro atoms. The van der Waals surface area contributed by atoms with Crippen LogP contribution < -0.4 is 5.32 Å². The van der Waals surface area contributed by atoms with Crippen LogP contribution in [-0.4, -0.2) is 24.2 Å². The Hall–Kier alpha value is -1.13. The van der Waals surface area contributed by atoms with Gasteiger partial charge >= 0.3 is 5.97 Å². The Bertz CT molecular complexity index is 344. The first-order valence-electron chi connectivity index (χ1n) is 5.39. The summed E-state index contributed by atoms with van der Waals surface area (Å²) in [6, 6.07) is 4.15. The second-order valence-electron chi connectivity index (χ2n) is 3.42. The summed E-state index contributed by atoms with van der Waals surface area (Å²) in [7, 11) is 0. The third-order valence-electron chi connectivity index (χ3n) is 2.28. The van der Waals surface area contributed by atoms with E-state index in [1.165, 1.54) is 4.88 Å². The van der Waals surface area contributed by atoms with Crippen molar-refractivity contribution in [1.29, 1.82) is 0 Å². The fourth-order valence-electron chi connectivity index (χ4n) is 1.35. The number of carboxylic acid groups (broad SMARTS) is 1. The molecule has 0 amide bonds. The summed E-state index contributed by atoms with van der Waals surface area (Å²) >= 11 is 1.75. The molecule has 88 valence electrons. The van der Waals surface area contributed by atoms with Crippen molar-refractivity contribution in [1.82, 2.24) is 5.32 Å². The minimum atomic E-state index is -0.817. The van der Waals surface area contributed by atoms with Gasteiger partial charge in [-0.2, -0.15) is 0 Å². The van der Waals surface area contributed by atoms with Crippen LogP contribution in [0.15, 0.2) is 29.2 Å². The first-order chi connectivity index (χ1) is 7.74. The summed E-state index contributed by atoms with van der Waals surface area (Å²) in [6.07, 6.45) is 3.32. The van der Waals surface area contributed by atoms with E-state index in [1.807, 2.05) is 13.0 Å². The van der Waals surface area contributed by atoms with Crippen LogP contribution in [0.3, 0.4) is 0 Å². The van der Waals surface area contributed by atoms with Crippen molar-refractivity contribution < 1.29 is 9.90 Å². The van der Waals surface area contributed by atoms with Gasteiger partial charge in [0, 0.05) is 23.5 Å². The molecule has 1 aromatic rings. The van der Waals surface area contributed by atoms with Gasteiger partial charge in [0.1, 0.15) is 0 Å². The molecule has 0 aliphatic heterocycles. The maximum atomic E-state index is 10.7. The largest absolute Gasteiger partial charge is 0.478 e. The molecular weight excluding hydrogens is 222 g/mol. The van der Waals surface area contributed by atoms with Crippen molar-refractivity contribution in [3.05, 3.63) is 34.0 Å². The zero-order valence-electron chi connectivity index (χ0n) is 9.40. The topological polar surface area (TPSA) is 49.3 Å². The Morgan fingerprint density at radius 2 is 2.44 bits per heavy atom. The van der Waals surface area contributed by atoms with Crippen molar-refractivity contribution in [3.63, 3.8) is 0 Å². The van der Waals surface area contributed by atoms with Gasteiger partial charge in [-0.3, -0.25) is 0 Å². The van der Waals surface area contributed by atoms with E-state index in [0.717, 1.165) is 13.0 Å². The van der Waals surface area contributed by atoms with Crippen molar-refractivity contribution >= 4 is 17.3 Å². The normalized spacial score (nSPS) is 11.7. The minimum absolute atomic E-state index is 0.476. The predicted molar refractivity (Wildman–Crippen MR) is 66.9 cm³/mol. The van der Waals surface area contributed by atoms with E-state index in [9.17, 15) is 4.79 Å². The van der Waals surface area contributed by atoms with Gasteiger partial charge in [0.2, 0.25) is 0 Å². The summed E-state index contributed by atoms with van der Waals surface area (Å²) in [5.41, 5.74) is 0.476. The highest BCUT2D eigenvalue weighted by Crippen LogP contribution is 2.08. The number of hydrogen-bond donors (Lipinski definition) is 2. The molecule has 0 saturated carbocycles. The highest BCUT2D eigenvalue weighted by atomic mass is 32.1. The maximum Gasteiger partial charge on any atom is 0.331 e. The Labute approximate surface area is 99.8 Å². The molecule has 0 atom stereocenters. The van der Waals surface area contributed by atoms with Crippen LogP contribution in [0.25, 0.3) is 0 Å². The lowest BCUT2D eigenvalue weighted by Crippen LogP contribution is -2.17. The number of carboxylic acids is 1. The van der Waals surface area contributed by atoms with Crippen LogP contribution in [0, 0.1) is 0 Å². The van der Waals surface area contributed by atoms with Crippen LogP contribution in [0.4, 0.5) is 0 Å². The van der Waals surface area contributed by atoms with Gasteiger partial charge in [-0.1, -0.05) is 19.1 Å². The van der Waals surface area contributed by atoms with E-state index in [2.05, 4.69) is 16.8 Å². The van der Waals surface area contributed by atoms with Crippen molar-refractivity contribution in [2.75, 3.05) is 13.1 Å². The number of carbonyl (C=O) groups is 1. The Morgan fingerprint density at radius 3 is 3.00 bits per heavy atom. The van der Waals surface area contributed by atoms with Gasteiger partial charge in [0.15, 0.2) is 0 Å². The van der Waals surface area contributed by atoms with Gasteiger partial charge in [-0.05, 0) is 24.3 Å². The van der Waals surface area contributed by atoms with Crippen molar-refractivity contribution in [2.45, 2.75) is 19.8 Å². The average Bonchev–Trinajstić information content (AvgIpc) is 2.75. The molecule has 0 aliphatic rings. The fraction of sp³-hybridized carbons (Fsp3) is 0.417. The number of hydrogen-bond acceptors (Lipinski definition) is 3. The molecule has 1 heterocycles. The van der Waals surface area contributed by atoms with E-state index in [0.29, 0.717) is 18.5 Å². The van der Waals surface area contributed by atoms with Gasteiger partial charge < -0.3 is 10.4 Å². The zero-order chi connectivity index (χ0) is 11.8. The fourth-order valence-corrected chi connectivity index (χ4v) is 2.06. The number of aliphatic carboxylic acids is 1. The molecule has 0 unspecified atom stereocenters. The molecule has 4 heteroatoms. The summed E-state index contributed by atoms with van der Waals surface area (Å²) < 4.78 is 0. The van der Waals surface area contributed by atoms with Crippen LogP contribution in [0.2, 0.25) is 0 Å². The Morgan fingerprint density at radius 1 is 1.62 bits per heavy atom. The SMILES string of the molecule is CC/C(=C/CNCCc1cccs1)C(=O)O. The Balaban J connectivity index is 2.18. The van der Waals surface area contributed by atoms with Gasteiger partial charge in [0.25, 0.3) is 0 Å². The molecule has 1 rings (SSSR count). The lowest BCUT2D eigenvalue weighted by molar-refractivity contribution is -0.132. The van der Waals surface area contributed by atoms with Crippen LogP contribution in [0.1, 0.15) is 18.2 Å². The third-order valence-corrected chi connectivity index (χ3v) is 3.21. The molecule has 2 N–H and O–H groups in total. The van der Waals surface area contributed by atoms with Gasteiger partial charge in [-0.15, -0.1) is 11.3 Å². The van der Waals surface area contributed by atoms with E-state index >= 15 is 0 Å². The van der Waals surface area contributed by atoms with E-state index in [4.69, 9.17) is 5.11 Å².